The summed E-state index contributed by atoms with van der Waals surface area (Å²) in [5.41, 5.74) is -0.761. The van der Waals surface area contributed by atoms with Crippen molar-refractivity contribution in [2.75, 3.05) is 0 Å². The monoisotopic (exact) mass is 208 g/mol. The Morgan fingerprint density at radius 2 is 1.93 bits per heavy atom. The van der Waals surface area contributed by atoms with E-state index in [1.165, 1.54) is 20.9 Å². The molecule has 0 saturated heterocycles. The van der Waals surface area contributed by atoms with E-state index in [1.54, 1.807) is 0 Å². The number of halogens is 3. The van der Waals surface area contributed by atoms with Crippen LogP contribution < -0.4 is 0 Å². The Hall–Kier alpha value is -1.04. The SMILES string of the molecule is Cc1c(C(F)(F)F)nn(C)c1C(C)O. The largest absolute Gasteiger partial charge is 0.435 e. The summed E-state index contributed by atoms with van der Waals surface area (Å²) in [4.78, 5) is 0. The molecule has 0 aliphatic rings. The molecule has 1 unspecified atom stereocenters. The van der Waals surface area contributed by atoms with Crippen molar-refractivity contribution in [1.82, 2.24) is 9.78 Å². The van der Waals surface area contributed by atoms with E-state index >= 15 is 0 Å². The second kappa shape index (κ2) is 3.27. The molecule has 1 aromatic rings. The van der Waals surface area contributed by atoms with Crippen LogP contribution in [0.15, 0.2) is 0 Å². The summed E-state index contributed by atoms with van der Waals surface area (Å²) >= 11 is 0. The maximum atomic E-state index is 12.3. The van der Waals surface area contributed by atoms with Gasteiger partial charge in [-0.25, -0.2) is 0 Å². The number of alkyl halides is 3. The predicted octanol–water partition coefficient (Wildman–Crippen LogP) is 1.80. The third-order valence-corrected chi connectivity index (χ3v) is 2.00. The summed E-state index contributed by atoms with van der Waals surface area (Å²) < 4.78 is 38.1. The van der Waals surface area contributed by atoms with Gasteiger partial charge in [0.1, 0.15) is 0 Å². The van der Waals surface area contributed by atoms with E-state index in [-0.39, 0.29) is 11.3 Å². The first-order chi connectivity index (χ1) is 6.25. The molecule has 1 N–H and O–H groups in total. The van der Waals surface area contributed by atoms with Crippen molar-refractivity contribution in [3.05, 3.63) is 17.0 Å². The molecule has 6 heteroatoms. The van der Waals surface area contributed by atoms with E-state index in [1.807, 2.05) is 0 Å². The van der Waals surface area contributed by atoms with Crippen LogP contribution >= 0.6 is 0 Å². The van der Waals surface area contributed by atoms with Gasteiger partial charge in [0.15, 0.2) is 5.69 Å². The highest BCUT2D eigenvalue weighted by atomic mass is 19.4. The van der Waals surface area contributed by atoms with Gasteiger partial charge in [0.2, 0.25) is 0 Å². The van der Waals surface area contributed by atoms with Gasteiger partial charge in [0.25, 0.3) is 0 Å². The van der Waals surface area contributed by atoms with Crippen LogP contribution in [0.4, 0.5) is 13.2 Å². The van der Waals surface area contributed by atoms with Gasteiger partial charge in [-0.1, -0.05) is 0 Å². The lowest BCUT2D eigenvalue weighted by molar-refractivity contribution is -0.141. The van der Waals surface area contributed by atoms with Crippen LogP contribution in [-0.2, 0) is 13.2 Å². The average Bonchev–Trinajstić information content (AvgIpc) is 2.24. The molecule has 1 aromatic heterocycles. The molecule has 80 valence electrons. The Morgan fingerprint density at radius 1 is 1.43 bits per heavy atom. The van der Waals surface area contributed by atoms with Crippen LogP contribution in [0.1, 0.15) is 30.0 Å². The van der Waals surface area contributed by atoms with E-state index in [2.05, 4.69) is 5.10 Å². The normalized spacial score (nSPS) is 14.5. The quantitative estimate of drug-likeness (QED) is 0.764. The maximum Gasteiger partial charge on any atom is 0.435 e. The van der Waals surface area contributed by atoms with Crippen molar-refractivity contribution in [3.8, 4) is 0 Å². The number of nitrogens with zero attached hydrogens (tertiary/aromatic N) is 2. The molecule has 0 aliphatic carbocycles. The molecular weight excluding hydrogens is 197 g/mol. The Labute approximate surface area is 79.2 Å². The minimum Gasteiger partial charge on any atom is -0.387 e. The molecule has 1 atom stereocenters. The van der Waals surface area contributed by atoms with Gasteiger partial charge in [-0.05, 0) is 13.8 Å². The van der Waals surface area contributed by atoms with Crippen molar-refractivity contribution < 1.29 is 18.3 Å². The van der Waals surface area contributed by atoms with Crippen LogP contribution in [0.2, 0.25) is 0 Å². The molecule has 3 nitrogen and oxygen atoms in total. The minimum absolute atomic E-state index is 0.0185. The molecule has 1 heterocycles. The minimum atomic E-state index is -4.46. The van der Waals surface area contributed by atoms with Crippen LogP contribution in [0.25, 0.3) is 0 Å². The standard InChI is InChI=1S/C8H11F3N2O/c1-4-6(5(2)14)13(3)12-7(4)8(9,10)11/h5,14H,1-3H3. The fourth-order valence-corrected chi connectivity index (χ4v) is 1.50. The lowest BCUT2D eigenvalue weighted by Crippen LogP contribution is -2.08. The fourth-order valence-electron chi connectivity index (χ4n) is 1.50. The van der Waals surface area contributed by atoms with E-state index in [4.69, 9.17) is 0 Å². The summed E-state index contributed by atoms with van der Waals surface area (Å²) in [7, 11) is 1.38. The molecule has 0 bridgehead atoms. The number of aromatic nitrogens is 2. The van der Waals surface area contributed by atoms with Gasteiger partial charge in [-0.3, -0.25) is 4.68 Å². The Bertz CT molecular complexity index is 341. The van der Waals surface area contributed by atoms with Crippen LogP contribution in [-0.4, -0.2) is 14.9 Å². The number of aryl methyl sites for hydroxylation is 1. The van der Waals surface area contributed by atoms with Crippen molar-refractivity contribution in [3.63, 3.8) is 0 Å². The van der Waals surface area contributed by atoms with E-state index in [9.17, 15) is 18.3 Å². The molecule has 0 amide bonds. The molecular formula is C8H11F3N2O. The van der Waals surface area contributed by atoms with Crippen LogP contribution in [0.5, 0.6) is 0 Å². The lowest BCUT2D eigenvalue weighted by atomic mass is 10.1. The van der Waals surface area contributed by atoms with E-state index in [0.29, 0.717) is 0 Å². The molecule has 0 spiro atoms. The van der Waals surface area contributed by atoms with Crippen molar-refractivity contribution in [1.29, 1.82) is 0 Å². The van der Waals surface area contributed by atoms with Gasteiger partial charge in [0.05, 0.1) is 11.8 Å². The van der Waals surface area contributed by atoms with Crippen molar-refractivity contribution >= 4 is 0 Å². The molecule has 1 rings (SSSR count). The van der Waals surface area contributed by atoms with Gasteiger partial charge < -0.3 is 5.11 Å². The second-order valence-electron chi connectivity index (χ2n) is 3.16. The first kappa shape index (κ1) is 11.0. The fraction of sp³-hybridized carbons (Fsp3) is 0.625. The van der Waals surface area contributed by atoms with Gasteiger partial charge >= 0.3 is 6.18 Å². The summed E-state index contributed by atoms with van der Waals surface area (Å²) in [5.74, 6) is 0. The zero-order chi connectivity index (χ0) is 11.1. The average molecular weight is 208 g/mol. The lowest BCUT2D eigenvalue weighted by Gasteiger charge is -2.06. The topological polar surface area (TPSA) is 38.0 Å². The van der Waals surface area contributed by atoms with E-state index < -0.39 is 18.0 Å². The molecule has 14 heavy (non-hydrogen) atoms. The zero-order valence-electron chi connectivity index (χ0n) is 8.05. The summed E-state index contributed by atoms with van der Waals surface area (Å²) in [6.45, 7) is 2.71. The Balaban J connectivity index is 3.31. The van der Waals surface area contributed by atoms with Crippen LogP contribution in [0.3, 0.4) is 0 Å². The highest BCUT2D eigenvalue weighted by molar-refractivity contribution is 5.28. The highest BCUT2D eigenvalue weighted by Crippen LogP contribution is 2.33. The van der Waals surface area contributed by atoms with Gasteiger partial charge in [0, 0.05) is 12.6 Å². The molecule has 0 aliphatic heterocycles. The number of aliphatic hydroxyl groups excluding tert-OH is 1. The summed E-state index contributed by atoms with van der Waals surface area (Å²) in [6.07, 6.45) is -5.42. The Kier molecular flexibility index (Phi) is 2.58. The van der Waals surface area contributed by atoms with Gasteiger partial charge in [-0.15, -0.1) is 0 Å². The number of hydrogen-bond acceptors (Lipinski definition) is 2. The predicted molar refractivity (Wildman–Crippen MR) is 43.6 cm³/mol. The smallest absolute Gasteiger partial charge is 0.387 e. The number of aliphatic hydroxyl groups is 1. The van der Waals surface area contributed by atoms with Crippen molar-refractivity contribution in [2.45, 2.75) is 26.1 Å². The first-order valence-corrected chi connectivity index (χ1v) is 4.04. The van der Waals surface area contributed by atoms with Crippen molar-refractivity contribution in [2.24, 2.45) is 7.05 Å². The molecule has 0 radical (unpaired) electrons. The molecule has 0 saturated carbocycles. The third-order valence-electron chi connectivity index (χ3n) is 2.00. The first-order valence-electron chi connectivity index (χ1n) is 4.04. The Morgan fingerprint density at radius 3 is 2.14 bits per heavy atom. The second-order valence-corrected chi connectivity index (χ2v) is 3.16. The third kappa shape index (κ3) is 1.75. The summed E-state index contributed by atoms with van der Waals surface area (Å²) in [6, 6.07) is 0. The number of rotatable bonds is 1. The van der Waals surface area contributed by atoms with Gasteiger partial charge in [-0.2, -0.15) is 18.3 Å². The maximum absolute atomic E-state index is 12.3. The van der Waals surface area contributed by atoms with E-state index in [0.717, 1.165) is 4.68 Å². The summed E-state index contributed by atoms with van der Waals surface area (Å²) in [5, 5.41) is 12.6. The number of hydrogen-bond donors (Lipinski definition) is 1. The zero-order valence-corrected chi connectivity index (χ0v) is 8.05. The highest BCUT2D eigenvalue weighted by Gasteiger charge is 2.37. The molecule has 0 fully saturated rings. The molecule has 0 aromatic carbocycles. The van der Waals surface area contributed by atoms with Crippen LogP contribution in [0, 0.1) is 6.92 Å².